The number of anilines is 1. The topological polar surface area (TPSA) is 69.6 Å². The van der Waals surface area contributed by atoms with Crippen LogP contribution in [0.15, 0.2) is 36.2 Å². The van der Waals surface area contributed by atoms with E-state index in [0.29, 0.717) is 12.0 Å². The Morgan fingerprint density at radius 2 is 2.08 bits per heavy atom. The normalized spacial score (nSPS) is 10.9. The van der Waals surface area contributed by atoms with Crippen molar-refractivity contribution in [1.29, 1.82) is 0 Å². The molecular weight excluding hydrogens is 170 g/mol. The van der Waals surface area contributed by atoms with Gasteiger partial charge in [0, 0.05) is 6.20 Å². The van der Waals surface area contributed by atoms with Crippen LogP contribution in [0.1, 0.15) is 0 Å². The first-order chi connectivity index (χ1) is 6.24. The van der Waals surface area contributed by atoms with E-state index in [1.807, 2.05) is 0 Å². The molecule has 0 atom stereocenters. The number of allylic oxidation sites excluding steroid dienone is 1. The van der Waals surface area contributed by atoms with Gasteiger partial charge in [-0.2, -0.15) is 0 Å². The minimum atomic E-state index is -0.428. The molecule has 3 N–H and O–H groups in total. The molecule has 0 aliphatic carbocycles. The number of hydrogen-bond acceptors (Lipinski definition) is 4. The second-order valence-corrected chi connectivity index (χ2v) is 2.35. The lowest BCUT2D eigenvalue weighted by atomic mass is 10.3. The molecule has 1 rings (SSSR count). The smallest absolute Gasteiger partial charge is 0.185 e. The van der Waals surface area contributed by atoms with Gasteiger partial charge in [-0.05, 0) is 12.1 Å². The minimum Gasteiger partial charge on any atom is -0.506 e. The lowest BCUT2D eigenvalue weighted by Gasteiger charge is -2.02. The van der Waals surface area contributed by atoms with Crippen LogP contribution in [0.5, 0.6) is 5.75 Å². The Labute approximate surface area is 75.1 Å². The molecule has 0 fully saturated rings. The fourth-order valence-corrected chi connectivity index (χ4v) is 0.781. The zero-order chi connectivity index (χ0) is 9.68. The van der Waals surface area contributed by atoms with Crippen molar-refractivity contribution in [3.05, 3.63) is 36.2 Å². The van der Waals surface area contributed by atoms with Gasteiger partial charge in [0.15, 0.2) is 12.0 Å². The van der Waals surface area contributed by atoms with Crippen LogP contribution in [0.3, 0.4) is 0 Å². The van der Waals surface area contributed by atoms with Crippen LogP contribution < -0.4 is 5.32 Å². The number of phenolic OH excluding ortho intramolecular Hbond substituents is 1. The molecule has 4 nitrogen and oxygen atoms in total. The summed E-state index contributed by atoms with van der Waals surface area (Å²) in [5.41, 5.74) is 0.427. The van der Waals surface area contributed by atoms with Crippen molar-refractivity contribution in [2.45, 2.75) is 0 Å². The van der Waals surface area contributed by atoms with Crippen molar-refractivity contribution in [3.63, 3.8) is 0 Å². The number of para-hydroxylation sites is 2. The molecule has 68 valence electrons. The third-order valence-corrected chi connectivity index (χ3v) is 1.40. The van der Waals surface area contributed by atoms with Crippen molar-refractivity contribution >= 4 is 12.0 Å². The summed E-state index contributed by atoms with van der Waals surface area (Å²) in [6, 6.07) is 6.50. The van der Waals surface area contributed by atoms with Gasteiger partial charge in [0.25, 0.3) is 0 Å². The van der Waals surface area contributed by atoms with Gasteiger partial charge in [0.1, 0.15) is 5.75 Å². The summed E-state index contributed by atoms with van der Waals surface area (Å²) >= 11 is 0. The molecule has 0 saturated carbocycles. The monoisotopic (exact) mass is 179 g/mol. The lowest BCUT2D eigenvalue weighted by Crippen LogP contribution is -1.92. The number of phenols is 1. The molecule has 0 aliphatic heterocycles. The van der Waals surface area contributed by atoms with Gasteiger partial charge in [0.2, 0.25) is 0 Å². The fraction of sp³-hybridized carbons (Fsp3) is 0. The number of rotatable bonds is 3. The maximum absolute atomic E-state index is 9.99. The Balaban J connectivity index is 2.75. The zero-order valence-electron chi connectivity index (χ0n) is 6.77. The van der Waals surface area contributed by atoms with E-state index in [0.717, 1.165) is 6.20 Å². The molecular formula is C9H9NO3. The Hall–Kier alpha value is -1.97. The molecule has 0 unspecified atom stereocenters. The Morgan fingerprint density at radius 3 is 2.69 bits per heavy atom. The van der Waals surface area contributed by atoms with Crippen molar-refractivity contribution in [1.82, 2.24) is 0 Å². The second-order valence-electron chi connectivity index (χ2n) is 2.35. The van der Waals surface area contributed by atoms with E-state index in [9.17, 15) is 9.90 Å². The molecule has 1 aromatic carbocycles. The maximum atomic E-state index is 9.99. The highest BCUT2D eigenvalue weighted by Crippen LogP contribution is 2.21. The van der Waals surface area contributed by atoms with Crippen LogP contribution >= 0.6 is 0 Å². The predicted octanol–water partition coefficient (Wildman–Crippen LogP) is 1.40. The van der Waals surface area contributed by atoms with Gasteiger partial charge in [-0.3, -0.25) is 4.79 Å². The van der Waals surface area contributed by atoms with Crippen molar-refractivity contribution in [2.24, 2.45) is 0 Å². The first kappa shape index (κ1) is 9.12. The van der Waals surface area contributed by atoms with Crippen molar-refractivity contribution in [2.75, 3.05) is 5.32 Å². The van der Waals surface area contributed by atoms with Gasteiger partial charge >= 0.3 is 0 Å². The number of carbonyl (C=O) groups excluding carboxylic acids is 1. The van der Waals surface area contributed by atoms with Crippen LogP contribution in [0.4, 0.5) is 5.69 Å². The maximum Gasteiger partial charge on any atom is 0.185 e. The number of aliphatic hydroxyl groups excluding tert-OH is 1. The van der Waals surface area contributed by atoms with E-state index in [1.54, 1.807) is 18.2 Å². The van der Waals surface area contributed by atoms with Gasteiger partial charge < -0.3 is 15.5 Å². The summed E-state index contributed by atoms with van der Waals surface area (Å²) in [4.78, 5) is 9.99. The number of benzene rings is 1. The van der Waals surface area contributed by atoms with Crippen LogP contribution in [0.2, 0.25) is 0 Å². The molecule has 1 aromatic rings. The highest BCUT2D eigenvalue weighted by molar-refractivity contribution is 5.71. The predicted molar refractivity (Wildman–Crippen MR) is 48.5 cm³/mol. The largest absolute Gasteiger partial charge is 0.506 e. The van der Waals surface area contributed by atoms with E-state index in [4.69, 9.17) is 5.11 Å². The van der Waals surface area contributed by atoms with E-state index < -0.39 is 5.76 Å². The van der Waals surface area contributed by atoms with Gasteiger partial charge in [-0.25, -0.2) is 0 Å². The highest BCUT2D eigenvalue weighted by Gasteiger charge is 1.95. The first-order valence-corrected chi connectivity index (χ1v) is 3.63. The van der Waals surface area contributed by atoms with Crippen LogP contribution in [0, 0.1) is 0 Å². The van der Waals surface area contributed by atoms with Crippen molar-refractivity contribution < 1.29 is 15.0 Å². The molecule has 0 saturated heterocycles. The average molecular weight is 179 g/mol. The molecule has 13 heavy (non-hydrogen) atoms. The Morgan fingerprint density at radius 1 is 1.38 bits per heavy atom. The van der Waals surface area contributed by atoms with E-state index in [1.165, 1.54) is 6.07 Å². The van der Waals surface area contributed by atoms with Crippen LogP contribution in [-0.4, -0.2) is 16.5 Å². The van der Waals surface area contributed by atoms with Crippen molar-refractivity contribution in [3.8, 4) is 5.75 Å². The Bertz CT molecular complexity index is 333. The number of carbonyl (C=O) groups is 1. The standard InChI is InChI=1S/C9H9NO3/c11-6-7(12)5-10-8-3-1-2-4-9(8)13/h1-6,10,12-13H/b7-5-. The van der Waals surface area contributed by atoms with Gasteiger partial charge in [0.05, 0.1) is 5.69 Å². The number of aromatic hydroxyl groups is 1. The van der Waals surface area contributed by atoms with Gasteiger partial charge in [-0.15, -0.1) is 0 Å². The molecule has 0 heterocycles. The zero-order valence-corrected chi connectivity index (χ0v) is 6.77. The lowest BCUT2D eigenvalue weighted by molar-refractivity contribution is -0.106. The summed E-state index contributed by atoms with van der Waals surface area (Å²) in [5.74, 6) is -0.374. The Kier molecular flexibility index (Phi) is 2.92. The number of nitrogens with one attached hydrogen (secondary N) is 1. The molecule has 0 spiro atoms. The third kappa shape index (κ3) is 2.52. The minimum absolute atomic E-state index is 0.0532. The fourth-order valence-electron chi connectivity index (χ4n) is 0.781. The highest BCUT2D eigenvalue weighted by atomic mass is 16.3. The molecule has 0 amide bonds. The second kappa shape index (κ2) is 4.15. The molecule has 0 aliphatic rings. The summed E-state index contributed by atoms with van der Waals surface area (Å²) in [6.45, 7) is 0. The number of aliphatic hydroxyl groups is 1. The van der Waals surface area contributed by atoms with E-state index in [-0.39, 0.29) is 5.75 Å². The van der Waals surface area contributed by atoms with Crippen LogP contribution in [-0.2, 0) is 4.79 Å². The first-order valence-electron chi connectivity index (χ1n) is 3.63. The molecule has 0 bridgehead atoms. The number of hydrogen-bond donors (Lipinski definition) is 3. The van der Waals surface area contributed by atoms with E-state index in [2.05, 4.69) is 5.32 Å². The average Bonchev–Trinajstić information content (AvgIpc) is 2.16. The summed E-state index contributed by atoms with van der Waals surface area (Å²) in [5, 5.41) is 20.6. The third-order valence-electron chi connectivity index (χ3n) is 1.40. The molecule has 4 heteroatoms. The van der Waals surface area contributed by atoms with Crippen LogP contribution in [0.25, 0.3) is 0 Å². The molecule has 0 aromatic heterocycles. The molecule has 0 radical (unpaired) electrons. The summed E-state index contributed by atoms with van der Waals surface area (Å²) in [6.07, 6.45) is 1.40. The van der Waals surface area contributed by atoms with E-state index >= 15 is 0 Å². The summed E-state index contributed by atoms with van der Waals surface area (Å²) < 4.78 is 0. The SMILES string of the molecule is O=C/C(O)=C/Nc1ccccc1O. The van der Waals surface area contributed by atoms with Gasteiger partial charge in [-0.1, -0.05) is 12.1 Å². The summed E-state index contributed by atoms with van der Waals surface area (Å²) in [7, 11) is 0. The number of aldehydes is 1. The quantitative estimate of drug-likeness (QED) is 0.284.